The topological polar surface area (TPSA) is 95.4 Å². The van der Waals surface area contributed by atoms with E-state index in [9.17, 15) is 0 Å². The van der Waals surface area contributed by atoms with E-state index in [2.05, 4.69) is 302 Å². The second-order valence-corrected chi connectivity index (χ2v) is 29.5. The maximum Gasteiger partial charge on any atom is 0.164 e. The van der Waals surface area contributed by atoms with Crippen molar-refractivity contribution in [2.45, 2.75) is 10.8 Å². The highest BCUT2D eigenvalue weighted by molar-refractivity contribution is 6.16. The zero-order valence-corrected chi connectivity index (χ0v) is 61.7. The number of nitrogens with zero attached hydrogens (tertiary/aromatic N) is 7. The molecule has 0 saturated carbocycles. The molecule has 0 spiro atoms. The predicted octanol–water partition coefficient (Wildman–Crippen LogP) is 25.8. The Kier molecular flexibility index (Phi) is 15.5. The van der Waals surface area contributed by atoms with Crippen LogP contribution in [0, 0.1) is 0 Å². The Hall–Kier alpha value is -15.1. The fourth-order valence-corrected chi connectivity index (χ4v) is 18.3. The molecule has 1 atom stereocenters. The van der Waals surface area contributed by atoms with Gasteiger partial charge in [-0.05, 0) is 137 Å². The molecular formula is C106H67N7O. The van der Waals surface area contributed by atoms with E-state index in [0.29, 0.717) is 34.9 Å². The summed E-state index contributed by atoms with van der Waals surface area (Å²) in [5.74, 6) is 3.80. The summed E-state index contributed by atoms with van der Waals surface area (Å²) in [5.41, 5.74) is 24.6. The summed E-state index contributed by atoms with van der Waals surface area (Å²) in [6.45, 7) is 0. The normalized spacial score (nSPS) is 13.7. The largest absolute Gasteiger partial charge is 0.456 e. The van der Waals surface area contributed by atoms with E-state index in [1.165, 1.54) is 88.3 Å². The van der Waals surface area contributed by atoms with E-state index in [-0.39, 0.29) is 0 Å². The Balaban J connectivity index is 0.000000140. The molecule has 23 rings (SSSR count). The molecule has 0 N–H and O–H groups in total. The molecule has 17 aromatic carbocycles. The molecule has 2 aliphatic rings. The Morgan fingerprint density at radius 1 is 0.219 bits per heavy atom. The third kappa shape index (κ3) is 10.5. The summed E-state index contributed by atoms with van der Waals surface area (Å²) in [7, 11) is 0. The van der Waals surface area contributed by atoms with Crippen molar-refractivity contribution in [3.63, 3.8) is 0 Å². The van der Waals surface area contributed by atoms with Gasteiger partial charge in [0.05, 0.1) is 21.9 Å². The fourth-order valence-electron chi connectivity index (χ4n) is 18.3. The maximum atomic E-state index is 6.70. The summed E-state index contributed by atoms with van der Waals surface area (Å²) < 4.78 is 9.14. The molecule has 8 nitrogen and oxygen atoms in total. The number of hydrogen-bond donors (Lipinski definition) is 0. The van der Waals surface area contributed by atoms with Gasteiger partial charge >= 0.3 is 0 Å². The minimum Gasteiger partial charge on any atom is -0.456 e. The highest BCUT2D eigenvalue weighted by Gasteiger charge is 2.48. The summed E-state index contributed by atoms with van der Waals surface area (Å²) in [6.07, 6.45) is 0. The van der Waals surface area contributed by atoms with Crippen LogP contribution in [-0.4, -0.2) is 34.5 Å². The lowest BCUT2D eigenvalue weighted by Crippen LogP contribution is -2.28. The zero-order valence-electron chi connectivity index (χ0n) is 61.7. The van der Waals surface area contributed by atoms with Crippen molar-refractivity contribution in [2.24, 2.45) is 0 Å². The number of fused-ring (bicyclic) bond motifs is 15. The molecule has 4 aromatic heterocycles. The van der Waals surface area contributed by atoms with Gasteiger partial charge in [0.25, 0.3) is 0 Å². The minimum atomic E-state index is -0.542. The van der Waals surface area contributed by atoms with Crippen molar-refractivity contribution < 1.29 is 4.42 Å². The van der Waals surface area contributed by atoms with E-state index >= 15 is 0 Å². The third-order valence-corrected chi connectivity index (χ3v) is 23.3. The van der Waals surface area contributed by atoms with Gasteiger partial charge in [0.1, 0.15) is 11.2 Å². The number of furan rings is 1. The first-order chi connectivity index (χ1) is 56.5. The van der Waals surface area contributed by atoms with E-state index in [1.54, 1.807) is 0 Å². The van der Waals surface area contributed by atoms with Crippen molar-refractivity contribution >= 4 is 65.3 Å². The summed E-state index contributed by atoms with van der Waals surface area (Å²) >= 11 is 0. The van der Waals surface area contributed by atoms with E-state index < -0.39 is 10.8 Å². The van der Waals surface area contributed by atoms with E-state index in [4.69, 9.17) is 34.3 Å². The minimum absolute atomic E-state index is 0.540. The lowest BCUT2D eigenvalue weighted by molar-refractivity contribution is 0.665. The molecular weight excluding hydrogens is 1390 g/mol. The van der Waals surface area contributed by atoms with Gasteiger partial charge in [0, 0.05) is 60.6 Å². The van der Waals surface area contributed by atoms with Gasteiger partial charge in [0.15, 0.2) is 34.9 Å². The van der Waals surface area contributed by atoms with Gasteiger partial charge < -0.3 is 8.98 Å². The lowest BCUT2D eigenvalue weighted by Gasteiger charge is -2.34. The molecule has 4 heterocycles. The van der Waals surface area contributed by atoms with Gasteiger partial charge in [-0.3, -0.25) is 0 Å². The van der Waals surface area contributed by atoms with Crippen LogP contribution in [0.4, 0.5) is 0 Å². The molecule has 532 valence electrons. The molecule has 21 aromatic rings. The molecule has 114 heavy (non-hydrogen) atoms. The van der Waals surface area contributed by atoms with Gasteiger partial charge in [-0.25, -0.2) is 29.9 Å². The molecule has 0 saturated heterocycles. The summed E-state index contributed by atoms with van der Waals surface area (Å²) in [4.78, 5) is 30.4. The van der Waals surface area contributed by atoms with Crippen LogP contribution in [0.2, 0.25) is 0 Å². The highest BCUT2D eigenvalue weighted by Crippen LogP contribution is 2.60. The first-order valence-electron chi connectivity index (χ1n) is 38.7. The molecule has 1 unspecified atom stereocenters. The van der Waals surface area contributed by atoms with Crippen LogP contribution in [0.1, 0.15) is 44.5 Å². The van der Waals surface area contributed by atoms with Crippen LogP contribution < -0.4 is 0 Å². The molecule has 0 fully saturated rings. The van der Waals surface area contributed by atoms with Gasteiger partial charge in [-0.1, -0.05) is 358 Å². The number of rotatable bonds is 11. The Bertz CT molecular complexity index is 7190. The van der Waals surface area contributed by atoms with Crippen LogP contribution in [0.5, 0.6) is 0 Å². The highest BCUT2D eigenvalue weighted by atomic mass is 16.3. The molecule has 2 aliphatic carbocycles. The van der Waals surface area contributed by atoms with Crippen LogP contribution in [-0.2, 0) is 10.8 Å². The second kappa shape index (κ2) is 26.9. The molecule has 0 aliphatic heterocycles. The van der Waals surface area contributed by atoms with Crippen molar-refractivity contribution in [2.75, 3.05) is 0 Å². The van der Waals surface area contributed by atoms with Gasteiger partial charge in [0.2, 0.25) is 0 Å². The monoisotopic (exact) mass is 1450 g/mol. The quantitative estimate of drug-likeness (QED) is 0.127. The first-order valence-corrected chi connectivity index (χ1v) is 38.7. The molecule has 0 bridgehead atoms. The van der Waals surface area contributed by atoms with Gasteiger partial charge in [-0.15, -0.1) is 0 Å². The van der Waals surface area contributed by atoms with Crippen LogP contribution in [0.15, 0.2) is 411 Å². The Labute approximate surface area is 658 Å². The number of aromatic nitrogens is 7. The predicted molar refractivity (Wildman–Crippen MR) is 464 cm³/mol. The van der Waals surface area contributed by atoms with Crippen molar-refractivity contribution in [1.29, 1.82) is 0 Å². The standard InChI is InChI=1S/C56H36N4.C50H31N3O/c1-4-18-38(19-5-1)53-57-54(39-20-6-2-7-21-39)59-55(58-53)47-27-16-30-50-52(47)46-34-32-42(36-51(46)60(50)43-33-31-37-17-10-11-22-40(37)35-43)56(41-23-8-3-9-24-41)48-28-14-12-25-44(48)45-26-13-15-29-49(45)56;1-4-15-33(16-5-1)47-51-48(34-17-6-2-7-18-34)53-49(52-47)35-25-29-44-41(30-35)39-27-26-37(31-45(39)54-44)50(36-19-8-3-9-20-36)42-23-13-12-22-40(42)46-38-21-11-10-14-32(38)24-28-43(46)50/h1-36H;1-31H. The molecule has 0 radical (unpaired) electrons. The van der Waals surface area contributed by atoms with E-state index in [1.807, 2.05) is 109 Å². The van der Waals surface area contributed by atoms with Gasteiger partial charge in [-0.2, -0.15) is 0 Å². The van der Waals surface area contributed by atoms with E-state index in [0.717, 1.165) is 82.8 Å². The number of hydrogen-bond acceptors (Lipinski definition) is 7. The summed E-state index contributed by atoms with van der Waals surface area (Å²) in [5, 5.41) is 9.19. The smallest absolute Gasteiger partial charge is 0.164 e. The SMILES string of the molecule is c1ccc(-c2nc(-c3ccccc3)nc(-c3ccc4oc5cc(C6(c7ccccc7)c7ccccc7-c7c6ccc6ccccc76)ccc5c4c3)n2)cc1.c1ccc(-c2nc(-c3ccccc3)nc(-c3cccc4c3c3ccc(C5(c6ccccc6)c6ccccc6-c6ccccc65)cc3n4-c3ccc4ccccc4c3)n2)cc1. The average Bonchev–Trinajstić information content (AvgIpc) is 1.54. The van der Waals surface area contributed by atoms with Crippen LogP contribution in [0.25, 0.3) is 162 Å². The average molecular weight is 1450 g/mol. The second-order valence-electron chi connectivity index (χ2n) is 29.5. The Morgan fingerprint density at radius 2 is 0.658 bits per heavy atom. The third-order valence-electron chi connectivity index (χ3n) is 23.3. The fraction of sp³-hybridized carbons (Fsp3) is 0.0189. The molecule has 0 amide bonds. The van der Waals surface area contributed by atoms with Crippen molar-refractivity contribution in [3.8, 4) is 96.3 Å². The molecule has 8 heteroatoms. The summed E-state index contributed by atoms with van der Waals surface area (Å²) in [6, 6.07) is 145. The first kappa shape index (κ1) is 65.9. The zero-order chi connectivity index (χ0) is 75.3. The van der Waals surface area contributed by atoms with Crippen molar-refractivity contribution in [3.05, 3.63) is 451 Å². The number of benzene rings is 17. The van der Waals surface area contributed by atoms with Crippen LogP contribution >= 0.6 is 0 Å². The lowest BCUT2D eigenvalue weighted by atomic mass is 9.67. The van der Waals surface area contributed by atoms with Crippen molar-refractivity contribution in [1.82, 2.24) is 34.5 Å². The Morgan fingerprint density at radius 3 is 1.24 bits per heavy atom. The van der Waals surface area contributed by atoms with Crippen LogP contribution in [0.3, 0.4) is 0 Å². The maximum absolute atomic E-state index is 6.70.